The van der Waals surface area contributed by atoms with Crippen molar-refractivity contribution in [3.8, 4) is 0 Å². The number of carbonyl (C=O) groups is 3. The second-order valence-electron chi connectivity index (χ2n) is 8.77. The van der Waals surface area contributed by atoms with Crippen LogP contribution in [0.1, 0.15) is 40.0 Å². The fraction of sp³-hybridized carbons (Fsp3) is 0.346. The number of carboxylic acid groups (broad SMARTS) is 1. The highest BCUT2D eigenvalue weighted by molar-refractivity contribution is 5.97. The molecule has 2 aromatic rings. The van der Waals surface area contributed by atoms with E-state index in [9.17, 15) is 19.5 Å². The Labute approximate surface area is 210 Å². The highest BCUT2D eigenvalue weighted by atomic mass is 16.4. The summed E-state index contributed by atoms with van der Waals surface area (Å²) in [5.74, 6) is -2.14. The van der Waals surface area contributed by atoms with E-state index < -0.39 is 23.8 Å². The highest BCUT2D eigenvalue weighted by Crippen LogP contribution is 2.24. The number of nitrogens with one attached hydrogen (secondary N) is 5. The van der Waals surface area contributed by atoms with Gasteiger partial charge in [-0.1, -0.05) is 24.3 Å². The smallest absolute Gasteiger partial charge is 0.328 e. The average Bonchev–Trinajstić information content (AvgIpc) is 2.92. The fourth-order valence-electron chi connectivity index (χ4n) is 4.31. The Hall–Kier alpha value is -3.89. The predicted molar refractivity (Wildman–Crippen MR) is 136 cm³/mol. The van der Waals surface area contributed by atoms with Crippen molar-refractivity contribution in [3.05, 3.63) is 78.0 Å². The molecule has 1 fully saturated rings. The largest absolute Gasteiger partial charge is 0.480 e. The summed E-state index contributed by atoms with van der Waals surface area (Å²) >= 11 is 0. The van der Waals surface area contributed by atoms with Crippen molar-refractivity contribution in [3.63, 3.8) is 0 Å². The van der Waals surface area contributed by atoms with Gasteiger partial charge in [0, 0.05) is 36.4 Å². The first-order valence-electron chi connectivity index (χ1n) is 12.2. The van der Waals surface area contributed by atoms with E-state index in [0.717, 1.165) is 38.0 Å². The molecule has 0 bridgehead atoms. The lowest BCUT2D eigenvalue weighted by Crippen LogP contribution is -2.61. The van der Waals surface area contributed by atoms with Crippen LogP contribution in [0.2, 0.25) is 0 Å². The summed E-state index contributed by atoms with van der Waals surface area (Å²) in [6.45, 7) is 1.48. The molecule has 2 aromatic carbocycles. The van der Waals surface area contributed by atoms with E-state index in [4.69, 9.17) is 0 Å². The van der Waals surface area contributed by atoms with Gasteiger partial charge in [0.15, 0.2) is 0 Å². The molecule has 0 aliphatic carbocycles. The van der Waals surface area contributed by atoms with Gasteiger partial charge in [-0.2, -0.15) is 0 Å². The van der Waals surface area contributed by atoms with Gasteiger partial charge in [-0.05, 0) is 61.9 Å². The maximum absolute atomic E-state index is 12.7. The zero-order chi connectivity index (χ0) is 25.3. The van der Waals surface area contributed by atoms with Gasteiger partial charge in [0.25, 0.3) is 11.8 Å². The van der Waals surface area contributed by atoms with Crippen LogP contribution in [-0.4, -0.2) is 61.0 Å². The van der Waals surface area contributed by atoms with E-state index in [-0.39, 0.29) is 19.0 Å². The van der Waals surface area contributed by atoms with Crippen molar-refractivity contribution in [1.82, 2.24) is 26.6 Å². The van der Waals surface area contributed by atoms with Gasteiger partial charge in [-0.25, -0.2) is 4.79 Å². The van der Waals surface area contributed by atoms with E-state index in [1.807, 2.05) is 24.4 Å². The Kier molecular flexibility index (Phi) is 8.53. The molecule has 2 amide bonds. The molecule has 1 saturated heterocycles. The molecule has 0 aromatic heterocycles. The van der Waals surface area contributed by atoms with Gasteiger partial charge in [-0.3, -0.25) is 20.2 Å². The zero-order valence-electron chi connectivity index (χ0n) is 19.9. The van der Waals surface area contributed by atoms with Gasteiger partial charge in [0.1, 0.15) is 12.3 Å². The molecule has 6 N–H and O–H groups in total. The number of rotatable bonds is 9. The minimum Gasteiger partial charge on any atom is -0.480 e. The Balaban J connectivity index is 1.33. The minimum absolute atomic E-state index is 0.00443. The number of carbonyl (C=O) groups excluding carboxylic acids is 2. The Bertz CT molecular complexity index is 1080. The van der Waals surface area contributed by atoms with Crippen LogP contribution in [0.5, 0.6) is 0 Å². The first-order valence-corrected chi connectivity index (χ1v) is 12.2. The number of anilines is 1. The molecule has 190 valence electrons. The monoisotopic (exact) mass is 492 g/mol. The number of aliphatic carboxylic acids is 1. The van der Waals surface area contributed by atoms with Crippen LogP contribution in [0.4, 0.5) is 5.69 Å². The van der Waals surface area contributed by atoms with Crippen LogP contribution in [0.3, 0.4) is 0 Å². The molecule has 0 spiro atoms. The van der Waals surface area contributed by atoms with Gasteiger partial charge in [-0.15, -0.1) is 0 Å². The third-order valence-electron chi connectivity index (χ3n) is 6.25. The summed E-state index contributed by atoms with van der Waals surface area (Å²) in [5, 5.41) is 24.8. The third-order valence-corrected chi connectivity index (χ3v) is 6.25. The lowest BCUT2D eigenvalue weighted by molar-refractivity contribution is -0.139. The molecular formula is C26H32N6O4. The van der Waals surface area contributed by atoms with Crippen LogP contribution >= 0.6 is 0 Å². The predicted octanol–water partition coefficient (Wildman–Crippen LogP) is 1.20. The van der Waals surface area contributed by atoms with Crippen molar-refractivity contribution in [2.75, 3.05) is 24.5 Å². The number of piperidine rings is 1. The van der Waals surface area contributed by atoms with Crippen LogP contribution in [0.25, 0.3) is 0 Å². The van der Waals surface area contributed by atoms with Crippen molar-refractivity contribution in [1.29, 1.82) is 0 Å². The highest BCUT2D eigenvalue weighted by Gasteiger charge is 2.26. The maximum atomic E-state index is 12.7. The van der Waals surface area contributed by atoms with Crippen molar-refractivity contribution in [2.45, 2.75) is 37.8 Å². The molecule has 2 heterocycles. The summed E-state index contributed by atoms with van der Waals surface area (Å²) in [4.78, 5) is 38.9. The van der Waals surface area contributed by atoms with Gasteiger partial charge >= 0.3 is 5.97 Å². The Morgan fingerprint density at radius 2 is 1.75 bits per heavy atom. The Morgan fingerprint density at radius 1 is 1.00 bits per heavy atom. The normalized spacial score (nSPS) is 20.2. The molecular weight excluding hydrogens is 460 g/mol. The number of hydrogen-bond donors (Lipinski definition) is 6. The molecule has 0 unspecified atom stereocenters. The van der Waals surface area contributed by atoms with E-state index >= 15 is 0 Å². The average molecular weight is 493 g/mol. The number of nitrogens with zero attached hydrogens (tertiary/aromatic N) is 1. The topological polar surface area (TPSA) is 135 Å². The van der Waals surface area contributed by atoms with Crippen LogP contribution < -0.4 is 31.5 Å². The zero-order valence-corrected chi connectivity index (χ0v) is 19.9. The molecule has 4 rings (SSSR count). The van der Waals surface area contributed by atoms with Crippen LogP contribution in [-0.2, 0) is 4.79 Å². The number of hydrogen-bond acceptors (Lipinski definition) is 7. The molecule has 2 aliphatic rings. The summed E-state index contributed by atoms with van der Waals surface area (Å²) < 4.78 is 0. The van der Waals surface area contributed by atoms with Crippen molar-refractivity contribution < 1.29 is 19.5 Å². The summed E-state index contributed by atoms with van der Waals surface area (Å²) in [7, 11) is 0. The first kappa shape index (κ1) is 25.2. The maximum Gasteiger partial charge on any atom is 0.328 e. The van der Waals surface area contributed by atoms with E-state index in [2.05, 4.69) is 31.5 Å². The second kappa shape index (κ2) is 12.2. The van der Waals surface area contributed by atoms with Crippen LogP contribution in [0.15, 0.2) is 66.9 Å². The van der Waals surface area contributed by atoms with E-state index in [1.54, 1.807) is 42.5 Å². The second-order valence-corrected chi connectivity index (χ2v) is 8.77. The van der Waals surface area contributed by atoms with Crippen LogP contribution in [0, 0.1) is 0 Å². The summed E-state index contributed by atoms with van der Waals surface area (Å²) in [6, 6.07) is 14.4. The number of benzene rings is 2. The molecule has 2 aliphatic heterocycles. The fourth-order valence-corrected chi connectivity index (χ4v) is 4.31. The lowest BCUT2D eigenvalue weighted by atomic mass is 10.1. The van der Waals surface area contributed by atoms with Gasteiger partial charge < -0.3 is 26.0 Å². The molecule has 3 atom stereocenters. The summed E-state index contributed by atoms with van der Waals surface area (Å²) in [5.41, 5.74) is 1.77. The first-order chi connectivity index (χ1) is 17.5. The lowest BCUT2D eigenvalue weighted by Gasteiger charge is -2.40. The van der Waals surface area contributed by atoms with Crippen molar-refractivity contribution in [2.24, 2.45) is 0 Å². The SMILES string of the molecule is O=C(NC[C@H](NC(=O)c1ccccc1)C(=O)O)c1ccc(N2CCCC[C@H]2N[C@@H]2NC=CCN2)cc1. The number of amides is 2. The minimum atomic E-state index is -1.25. The molecule has 0 radical (unpaired) electrons. The van der Waals surface area contributed by atoms with E-state index in [1.165, 1.54) is 0 Å². The van der Waals surface area contributed by atoms with Gasteiger partial charge in [0.2, 0.25) is 0 Å². The summed E-state index contributed by atoms with van der Waals surface area (Å²) in [6.07, 6.45) is 7.36. The number of carboxylic acids is 1. The molecule has 10 nitrogen and oxygen atoms in total. The third kappa shape index (κ3) is 6.61. The standard InChI is InChI=1S/C26H32N6O4/c33-23(29-17-21(25(35)36)30-24(34)18-7-2-1-3-8-18)19-10-12-20(13-11-19)32-16-5-4-9-22(32)31-26-27-14-6-15-28-26/h1-3,6-8,10-14,21-22,26-28,31H,4-5,9,15-17H2,(H,29,33)(H,30,34)(H,35,36)/t21-,22-,26+/m0/s1. The Morgan fingerprint density at radius 3 is 2.44 bits per heavy atom. The van der Waals surface area contributed by atoms with Crippen molar-refractivity contribution >= 4 is 23.5 Å². The molecule has 0 saturated carbocycles. The quantitative estimate of drug-likeness (QED) is 0.308. The van der Waals surface area contributed by atoms with E-state index in [0.29, 0.717) is 11.1 Å². The molecule has 10 heteroatoms. The van der Waals surface area contributed by atoms with Gasteiger partial charge in [0.05, 0.1) is 6.17 Å². The molecule has 36 heavy (non-hydrogen) atoms.